The topological polar surface area (TPSA) is 70.6 Å². The lowest BCUT2D eigenvalue weighted by molar-refractivity contribution is 0.192. The highest BCUT2D eigenvalue weighted by Crippen LogP contribution is 2.18. The SMILES string of the molecule is CC(CNC(=O)NC(C)C(C)CO)Oc1cccc(Cl)c1. The van der Waals surface area contributed by atoms with E-state index < -0.39 is 0 Å². The van der Waals surface area contributed by atoms with Crippen molar-refractivity contribution in [3.05, 3.63) is 29.3 Å². The number of benzene rings is 1. The van der Waals surface area contributed by atoms with E-state index in [1.165, 1.54) is 0 Å². The van der Waals surface area contributed by atoms with Crippen LogP contribution in [-0.2, 0) is 0 Å². The number of carbonyl (C=O) groups is 1. The summed E-state index contributed by atoms with van der Waals surface area (Å²) in [5.41, 5.74) is 0. The molecule has 1 aromatic carbocycles. The molecule has 3 unspecified atom stereocenters. The van der Waals surface area contributed by atoms with Gasteiger partial charge in [-0.1, -0.05) is 24.6 Å². The largest absolute Gasteiger partial charge is 0.489 e. The molecule has 3 atom stereocenters. The van der Waals surface area contributed by atoms with Crippen LogP contribution in [0.2, 0.25) is 5.02 Å². The van der Waals surface area contributed by atoms with Gasteiger partial charge in [-0.15, -0.1) is 0 Å². The van der Waals surface area contributed by atoms with Gasteiger partial charge in [-0.25, -0.2) is 4.79 Å². The number of hydrogen-bond donors (Lipinski definition) is 3. The van der Waals surface area contributed by atoms with E-state index in [1.807, 2.05) is 32.9 Å². The van der Waals surface area contributed by atoms with Crippen LogP contribution in [0.25, 0.3) is 0 Å². The van der Waals surface area contributed by atoms with Crippen molar-refractivity contribution >= 4 is 17.6 Å². The van der Waals surface area contributed by atoms with Crippen LogP contribution in [0.5, 0.6) is 5.75 Å². The van der Waals surface area contributed by atoms with E-state index in [-0.39, 0.29) is 30.7 Å². The van der Waals surface area contributed by atoms with Gasteiger partial charge >= 0.3 is 6.03 Å². The van der Waals surface area contributed by atoms with Gasteiger partial charge in [0, 0.05) is 17.7 Å². The van der Waals surface area contributed by atoms with Gasteiger partial charge in [0.25, 0.3) is 0 Å². The van der Waals surface area contributed by atoms with Crippen molar-refractivity contribution < 1.29 is 14.6 Å². The van der Waals surface area contributed by atoms with Crippen molar-refractivity contribution in [2.45, 2.75) is 32.9 Å². The Bertz CT molecular complexity index is 456. The Labute approximate surface area is 130 Å². The normalized spacial score (nSPS) is 14.9. The molecule has 0 spiro atoms. The van der Waals surface area contributed by atoms with E-state index in [4.69, 9.17) is 21.4 Å². The number of ether oxygens (including phenoxy) is 1. The minimum absolute atomic E-state index is 0.0101. The molecule has 0 saturated carbocycles. The third kappa shape index (κ3) is 6.69. The van der Waals surface area contributed by atoms with Gasteiger partial charge in [-0.3, -0.25) is 0 Å². The number of hydrogen-bond acceptors (Lipinski definition) is 3. The van der Waals surface area contributed by atoms with E-state index in [0.29, 0.717) is 17.3 Å². The zero-order valence-electron chi connectivity index (χ0n) is 12.6. The van der Waals surface area contributed by atoms with Gasteiger partial charge in [-0.05, 0) is 38.0 Å². The number of aliphatic hydroxyl groups is 1. The third-order valence-electron chi connectivity index (χ3n) is 3.18. The molecule has 2 amide bonds. The molecule has 0 aliphatic heterocycles. The molecule has 0 saturated heterocycles. The second kappa shape index (κ2) is 8.74. The van der Waals surface area contributed by atoms with Crippen LogP contribution in [0.3, 0.4) is 0 Å². The van der Waals surface area contributed by atoms with Crippen molar-refractivity contribution in [3.63, 3.8) is 0 Å². The van der Waals surface area contributed by atoms with Crippen molar-refractivity contribution in [2.24, 2.45) is 5.92 Å². The number of amides is 2. The molecular weight excluding hydrogens is 292 g/mol. The van der Waals surface area contributed by atoms with Crippen LogP contribution in [0.4, 0.5) is 4.79 Å². The standard InChI is InChI=1S/C15H23ClN2O3/c1-10(9-19)12(3)18-15(20)17-8-11(2)21-14-6-4-5-13(16)7-14/h4-7,10-12,19H,8-9H2,1-3H3,(H2,17,18,20). The quantitative estimate of drug-likeness (QED) is 0.724. The Hall–Kier alpha value is -1.46. The van der Waals surface area contributed by atoms with Crippen LogP contribution in [-0.4, -0.2) is 36.4 Å². The van der Waals surface area contributed by atoms with Gasteiger partial charge in [-0.2, -0.15) is 0 Å². The van der Waals surface area contributed by atoms with Gasteiger partial charge in [0.05, 0.1) is 6.54 Å². The lowest BCUT2D eigenvalue weighted by Crippen LogP contribution is -2.46. The highest BCUT2D eigenvalue weighted by atomic mass is 35.5. The summed E-state index contributed by atoms with van der Waals surface area (Å²) in [7, 11) is 0. The molecule has 0 aliphatic rings. The van der Waals surface area contributed by atoms with Crippen molar-refractivity contribution in [2.75, 3.05) is 13.2 Å². The van der Waals surface area contributed by atoms with Crippen LogP contribution < -0.4 is 15.4 Å². The first-order chi connectivity index (χ1) is 9.92. The predicted molar refractivity (Wildman–Crippen MR) is 83.8 cm³/mol. The summed E-state index contributed by atoms with van der Waals surface area (Å²) in [4.78, 5) is 11.7. The van der Waals surface area contributed by atoms with Gasteiger partial charge in [0.15, 0.2) is 0 Å². The molecule has 0 aliphatic carbocycles. The first-order valence-electron chi connectivity index (χ1n) is 6.99. The average molecular weight is 315 g/mol. The molecule has 0 aromatic heterocycles. The monoisotopic (exact) mass is 314 g/mol. The Morgan fingerprint density at radius 3 is 2.71 bits per heavy atom. The maximum atomic E-state index is 11.7. The van der Waals surface area contributed by atoms with E-state index in [1.54, 1.807) is 12.1 Å². The number of rotatable bonds is 7. The first-order valence-corrected chi connectivity index (χ1v) is 7.37. The minimum atomic E-state index is -0.274. The molecule has 0 heterocycles. The first kappa shape index (κ1) is 17.6. The van der Waals surface area contributed by atoms with Crippen LogP contribution in [0, 0.1) is 5.92 Å². The summed E-state index contributed by atoms with van der Waals surface area (Å²) in [6.45, 7) is 6.00. The highest BCUT2D eigenvalue weighted by Gasteiger charge is 2.14. The minimum Gasteiger partial charge on any atom is -0.489 e. The molecule has 5 nitrogen and oxygen atoms in total. The number of carbonyl (C=O) groups excluding carboxylic acids is 1. The second-order valence-electron chi connectivity index (χ2n) is 5.19. The maximum absolute atomic E-state index is 11.7. The summed E-state index contributed by atoms with van der Waals surface area (Å²) < 4.78 is 5.65. The fraction of sp³-hybridized carbons (Fsp3) is 0.533. The molecule has 1 rings (SSSR count). The molecule has 3 N–H and O–H groups in total. The van der Waals surface area contributed by atoms with E-state index in [9.17, 15) is 4.79 Å². The number of urea groups is 1. The lowest BCUT2D eigenvalue weighted by atomic mass is 10.1. The van der Waals surface area contributed by atoms with Gasteiger partial charge in [0.1, 0.15) is 11.9 Å². The summed E-state index contributed by atoms with van der Waals surface area (Å²) in [5.74, 6) is 0.676. The average Bonchev–Trinajstić information content (AvgIpc) is 2.44. The van der Waals surface area contributed by atoms with Crippen molar-refractivity contribution in [3.8, 4) is 5.75 Å². The number of nitrogens with one attached hydrogen (secondary N) is 2. The molecule has 0 fully saturated rings. The van der Waals surface area contributed by atoms with E-state index in [2.05, 4.69) is 10.6 Å². The summed E-state index contributed by atoms with van der Waals surface area (Å²) in [6.07, 6.45) is -0.181. The lowest BCUT2D eigenvalue weighted by Gasteiger charge is -2.21. The zero-order valence-corrected chi connectivity index (χ0v) is 13.4. The highest BCUT2D eigenvalue weighted by molar-refractivity contribution is 6.30. The van der Waals surface area contributed by atoms with Crippen LogP contribution in [0.15, 0.2) is 24.3 Å². The molecule has 6 heteroatoms. The maximum Gasteiger partial charge on any atom is 0.315 e. The Morgan fingerprint density at radius 2 is 2.10 bits per heavy atom. The number of halogens is 1. The fourth-order valence-electron chi connectivity index (χ4n) is 1.61. The van der Waals surface area contributed by atoms with Crippen molar-refractivity contribution in [1.82, 2.24) is 10.6 Å². The fourth-order valence-corrected chi connectivity index (χ4v) is 1.79. The van der Waals surface area contributed by atoms with Crippen molar-refractivity contribution in [1.29, 1.82) is 0 Å². The van der Waals surface area contributed by atoms with Crippen LogP contribution >= 0.6 is 11.6 Å². The summed E-state index contributed by atoms with van der Waals surface area (Å²) in [5, 5.41) is 15.1. The van der Waals surface area contributed by atoms with Gasteiger partial charge in [0.2, 0.25) is 0 Å². The molecule has 118 valence electrons. The molecule has 1 aromatic rings. The third-order valence-corrected chi connectivity index (χ3v) is 3.42. The number of aliphatic hydroxyl groups excluding tert-OH is 1. The molecule has 0 radical (unpaired) electrons. The molecule has 0 bridgehead atoms. The van der Waals surface area contributed by atoms with E-state index in [0.717, 1.165) is 0 Å². The zero-order chi connectivity index (χ0) is 15.8. The summed E-state index contributed by atoms with van der Waals surface area (Å²) in [6, 6.07) is 6.75. The smallest absolute Gasteiger partial charge is 0.315 e. The Kier molecular flexibility index (Phi) is 7.32. The summed E-state index contributed by atoms with van der Waals surface area (Å²) >= 11 is 5.88. The predicted octanol–water partition coefficient (Wildman–Crippen LogP) is 2.42. The van der Waals surface area contributed by atoms with E-state index >= 15 is 0 Å². The Morgan fingerprint density at radius 1 is 1.38 bits per heavy atom. The van der Waals surface area contributed by atoms with Gasteiger partial charge < -0.3 is 20.5 Å². The molecule has 21 heavy (non-hydrogen) atoms. The van der Waals surface area contributed by atoms with Crippen LogP contribution in [0.1, 0.15) is 20.8 Å². The molecular formula is C15H23ClN2O3. The second-order valence-corrected chi connectivity index (χ2v) is 5.63. The Balaban J connectivity index is 2.32.